The standard InChI is InChI=1S/C33H34ClN5O2S/c1-20-11-14-37(15-12-20)28-9-7-23(17-26(28)34)39-32(31(36-33(39)42)27-6-4-5-13-35-27)25-16-21(2)38(22(25)3)24-8-10-29-30(18-24)41-19-40-29/h4-10,13,16-18,20,31-32H,11-12,14-15,19H2,1-3H3,(H,36,42)/t31-,32+/m0/s1. The molecular formula is C33H34ClN5O2S. The second-order valence-electron chi connectivity index (χ2n) is 11.5. The predicted octanol–water partition coefficient (Wildman–Crippen LogP) is 7.28. The Bertz CT molecular complexity index is 1650. The number of nitrogens with one attached hydrogen (secondary N) is 1. The van der Waals surface area contributed by atoms with Gasteiger partial charge in [-0.2, -0.15) is 0 Å². The highest BCUT2D eigenvalue weighted by Crippen LogP contribution is 2.45. The lowest BCUT2D eigenvalue weighted by atomic mass is 9.96. The summed E-state index contributed by atoms with van der Waals surface area (Å²) in [5.74, 6) is 2.29. The number of hydrogen-bond acceptors (Lipinski definition) is 5. The van der Waals surface area contributed by atoms with Gasteiger partial charge in [0.1, 0.15) is 0 Å². The Hall–Kier alpha value is -3.75. The molecule has 0 aliphatic carbocycles. The number of piperidine rings is 1. The molecule has 2 aromatic heterocycles. The number of aryl methyl sites for hydroxylation is 1. The topological polar surface area (TPSA) is 54.8 Å². The van der Waals surface area contributed by atoms with Gasteiger partial charge in [0.15, 0.2) is 16.6 Å². The number of halogens is 1. The average Bonchev–Trinajstić information content (AvgIpc) is 3.68. The molecule has 1 N–H and O–H groups in total. The van der Waals surface area contributed by atoms with Crippen LogP contribution >= 0.6 is 23.8 Å². The quantitative estimate of drug-likeness (QED) is 0.242. The summed E-state index contributed by atoms with van der Waals surface area (Å²) in [6, 6.07) is 20.4. The van der Waals surface area contributed by atoms with Gasteiger partial charge in [-0.05, 0) is 98.9 Å². The van der Waals surface area contributed by atoms with Crippen LogP contribution in [0.25, 0.3) is 5.69 Å². The van der Waals surface area contributed by atoms with Crippen LogP contribution in [0, 0.1) is 19.8 Å². The highest BCUT2D eigenvalue weighted by molar-refractivity contribution is 7.80. The van der Waals surface area contributed by atoms with Gasteiger partial charge in [-0.1, -0.05) is 24.6 Å². The van der Waals surface area contributed by atoms with Crippen LogP contribution in [0.15, 0.2) is 66.9 Å². The third-order valence-corrected chi connectivity index (χ3v) is 9.45. The fourth-order valence-electron chi connectivity index (χ4n) is 6.61. The van der Waals surface area contributed by atoms with Gasteiger partial charge >= 0.3 is 0 Å². The summed E-state index contributed by atoms with van der Waals surface area (Å²) in [6.45, 7) is 8.92. The van der Waals surface area contributed by atoms with E-state index in [4.69, 9.17) is 38.3 Å². The Morgan fingerprint density at radius 1 is 0.952 bits per heavy atom. The van der Waals surface area contributed by atoms with Crippen molar-refractivity contribution in [2.75, 3.05) is 29.7 Å². The van der Waals surface area contributed by atoms with Crippen LogP contribution in [-0.4, -0.2) is 34.5 Å². The number of thiocarbonyl (C=S) groups is 1. The molecule has 5 heterocycles. The zero-order valence-corrected chi connectivity index (χ0v) is 25.6. The molecule has 0 radical (unpaired) electrons. The Labute approximate surface area is 257 Å². The number of rotatable bonds is 5. The van der Waals surface area contributed by atoms with Gasteiger partial charge in [0.25, 0.3) is 0 Å². The Balaban J connectivity index is 1.31. The van der Waals surface area contributed by atoms with Gasteiger partial charge < -0.3 is 29.2 Å². The van der Waals surface area contributed by atoms with E-state index in [1.165, 1.54) is 18.4 Å². The normalized spacial score (nSPS) is 20.3. The summed E-state index contributed by atoms with van der Waals surface area (Å²) in [4.78, 5) is 9.34. The Morgan fingerprint density at radius 2 is 1.74 bits per heavy atom. The molecule has 0 amide bonds. The van der Waals surface area contributed by atoms with Crippen LogP contribution < -0.4 is 24.6 Å². The molecular weight excluding hydrogens is 566 g/mol. The number of ether oxygens (including phenoxy) is 2. The lowest BCUT2D eigenvalue weighted by molar-refractivity contribution is 0.174. The molecule has 2 saturated heterocycles. The van der Waals surface area contributed by atoms with Crippen molar-refractivity contribution in [2.24, 2.45) is 5.92 Å². The minimum absolute atomic E-state index is 0.140. The highest BCUT2D eigenvalue weighted by Gasteiger charge is 2.42. The number of fused-ring (bicyclic) bond motifs is 1. The molecule has 3 aliphatic heterocycles. The van der Waals surface area contributed by atoms with Crippen LogP contribution in [0.4, 0.5) is 11.4 Å². The third-order valence-electron chi connectivity index (χ3n) is 8.84. The lowest BCUT2D eigenvalue weighted by Crippen LogP contribution is -2.33. The molecule has 42 heavy (non-hydrogen) atoms. The van der Waals surface area contributed by atoms with E-state index in [0.29, 0.717) is 5.11 Å². The molecule has 7 rings (SSSR count). The van der Waals surface area contributed by atoms with Crippen LogP contribution in [0.1, 0.15) is 54.5 Å². The number of nitrogens with zero attached hydrogens (tertiary/aromatic N) is 4. The van der Waals surface area contributed by atoms with Crippen molar-refractivity contribution in [3.8, 4) is 17.2 Å². The number of benzene rings is 2. The van der Waals surface area contributed by atoms with Gasteiger partial charge in [-0.15, -0.1) is 0 Å². The molecule has 0 spiro atoms. The lowest BCUT2D eigenvalue weighted by Gasteiger charge is -2.33. The molecule has 0 bridgehead atoms. The van der Waals surface area contributed by atoms with E-state index >= 15 is 0 Å². The fraction of sp³-hybridized carbons (Fsp3) is 0.333. The third kappa shape index (κ3) is 4.67. The van der Waals surface area contributed by atoms with Gasteiger partial charge in [-0.25, -0.2) is 0 Å². The number of aromatic nitrogens is 2. The molecule has 2 fully saturated rings. The molecule has 216 valence electrons. The molecule has 0 saturated carbocycles. The van der Waals surface area contributed by atoms with Gasteiger partial charge in [0, 0.05) is 48.1 Å². The van der Waals surface area contributed by atoms with Crippen LogP contribution in [0.5, 0.6) is 11.5 Å². The molecule has 2 atom stereocenters. The van der Waals surface area contributed by atoms with Gasteiger partial charge in [0.2, 0.25) is 6.79 Å². The largest absolute Gasteiger partial charge is 0.454 e. The van der Waals surface area contributed by atoms with Crippen molar-refractivity contribution >= 4 is 40.3 Å². The first-order chi connectivity index (χ1) is 20.4. The van der Waals surface area contributed by atoms with Crippen molar-refractivity contribution in [3.05, 3.63) is 94.5 Å². The Morgan fingerprint density at radius 3 is 2.50 bits per heavy atom. The van der Waals surface area contributed by atoms with E-state index in [0.717, 1.165) is 69.7 Å². The van der Waals surface area contributed by atoms with E-state index in [1.807, 2.05) is 30.5 Å². The van der Waals surface area contributed by atoms with Crippen LogP contribution in [-0.2, 0) is 0 Å². The highest BCUT2D eigenvalue weighted by atomic mass is 35.5. The zero-order valence-electron chi connectivity index (χ0n) is 24.0. The molecule has 7 nitrogen and oxygen atoms in total. The first-order valence-electron chi connectivity index (χ1n) is 14.5. The first kappa shape index (κ1) is 27.1. The monoisotopic (exact) mass is 599 g/mol. The second kappa shape index (κ2) is 10.8. The summed E-state index contributed by atoms with van der Waals surface area (Å²) in [5, 5.41) is 4.99. The van der Waals surface area contributed by atoms with Crippen molar-refractivity contribution in [2.45, 2.75) is 45.7 Å². The Kier molecular flexibility index (Phi) is 6.98. The van der Waals surface area contributed by atoms with E-state index in [9.17, 15) is 0 Å². The van der Waals surface area contributed by atoms with E-state index < -0.39 is 0 Å². The smallest absolute Gasteiger partial charge is 0.231 e. The van der Waals surface area contributed by atoms with Gasteiger partial charge in [0.05, 0.1) is 28.5 Å². The minimum Gasteiger partial charge on any atom is -0.454 e. The van der Waals surface area contributed by atoms with E-state index in [1.54, 1.807) is 0 Å². The summed E-state index contributed by atoms with van der Waals surface area (Å²) >= 11 is 13.0. The molecule has 3 aliphatic rings. The maximum atomic E-state index is 6.99. The van der Waals surface area contributed by atoms with Crippen LogP contribution in [0.2, 0.25) is 5.02 Å². The maximum Gasteiger partial charge on any atom is 0.231 e. The minimum atomic E-state index is -0.147. The summed E-state index contributed by atoms with van der Waals surface area (Å²) in [5.41, 5.74) is 7.42. The molecule has 2 aromatic carbocycles. The molecule has 4 aromatic rings. The summed E-state index contributed by atoms with van der Waals surface area (Å²) in [6.07, 6.45) is 4.21. The SMILES string of the molecule is Cc1cc([C@@H]2[C@H](c3ccccn3)NC(=S)N2c2ccc(N3CCC(C)CC3)c(Cl)c2)c(C)n1-c1ccc2c(c1)OCO2. The van der Waals surface area contributed by atoms with Gasteiger partial charge in [-0.3, -0.25) is 4.98 Å². The predicted molar refractivity (Wildman–Crippen MR) is 171 cm³/mol. The van der Waals surface area contributed by atoms with Crippen molar-refractivity contribution < 1.29 is 9.47 Å². The number of anilines is 2. The van der Waals surface area contributed by atoms with E-state index in [-0.39, 0.29) is 18.9 Å². The summed E-state index contributed by atoms with van der Waals surface area (Å²) in [7, 11) is 0. The van der Waals surface area contributed by atoms with E-state index in [2.05, 4.69) is 76.9 Å². The van der Waals surface area contributed by atoms with Crippen molar-refractivity contribution in [1.82, 2.24) is 14.9 Å². The first-order valence-corrected chi connectivity index (χ1v) is 15.3. The van der Waals surface area contributed by atoms with Crippen molar-refractivity contribution in [3.63, 3.8) is 0 Å². The second-order valence-corrected chi connectivity index (χ2v) is 12.3. The molecule has 9 heteroatoms. The average molecular weight is 600 g/mol. The zero-order chi connectivity index (χ0) is 29.0. The van der Waals surface area contributed by atoms with Crippen molar-refractivity contribution in [1.29, 1.82) is 0 Å². The fourth-order valence-corrected chi connectivity index (χ4v) is 7.25. The number of pyridine rings is 1. The summed E-state index contributed by atoms with van der Waals surface area (Å²) < 4.78 is 13.5. The maximum absolute atomic E-state index is 6.99. The molecule has 0 unspecified atom stereocenters. The number of hydrogen-bond donors (Lipinski definition) is 1. The van der Waals surface area contributed by atoms with Crippen LogP contribution in [0.3, 0.4) is 0 Å².